The lowest BCUT2D eigenvalue weighted by Crippen LogP contribution is -2.19. The summed E-state index contributed by atoms with van der Waals surface area (Å²) >= 11 is 0. The Hall–Kier alpha value is -3.35. The van der Waals surface area contributed by atoms with E-state index >= 15 is 0 Å². The molecular formula is C21H24N2O5. The Labute approximate surface area is 164 Å². The van der Waals surface area contributed by atoms with Crippen molar-refractivity contribution >= 4 is 18.1 Å². The Balaban J connectivity index is 1.90. The van der Waals surface area contributed by atoms with Crippen molar-refractivity contribution < 1.29 is 23.8 Å². The minimum Gasteiger partial charge on any atom is -0.493 e. The van der Waals surface area contributed by atoms with E-state index in [4.69, 9.17) is 14.2 Å². The van der Waals surface area contributed by atoms with E-state index in [1.54, 1.807) is 32.0 Å². The quantitative estimate of drug-likeness (QED) is 0.408. The van der Waals surface area contributed by atoms with Crippen molar-refractivity contribution in [1.82, 2.24) is 5.43 Å². The first-order valence-electron chi connectivity index (χ1n) is 8.84. The van der Waals surface area contributed by atoms with Crippen molar-refractivity contribution in [2.45, 2.75) is 26.4 Å². The smallest absolute Gasteiger partial charge is 0.344 e. The van der Waals surface area contributed by atoms with Crippen molar-refractivity contribution in [3.8, 4) is 11.5 Å². The summed E-state index contributed by atoms with van der Waals surface area (Å²) in [4.78, 5) is 23.5. The Morgan fingerprint density at radius 1 is 1.11 bits per heavy atom. The van der Waals surface area contributed by atoms with E-state index in [1.165, 1.54) is 13.3 Å². The van der Waals surface area contributed by atoms with E-state index in [2.05, 4.69) is 10.5 Å². The predicted molar refractivity (Wildman–Crippen MR) is 106 cm³/mol. The Kier molecular flexibility index (Phi) is 8.02. The number of esters is 1. The largest absolute Gasteiger partial charge is 0.493 e. The third-order valence-electron chi connectivity index (χ3n) is 3.51. The number of benzene rings is 2. The normalized spacial score (nSPS) is 10.7. The molecule has 2 aromatic rings. The number of hydrogen-bond acceptors (Lipinski definition) is 6. The minimum absolute atomic E-state index is 0.200. The van der Waals surface area contributed by atoms with E-state index < -0.39 is 5.97 Å². The lowest BCUT2D eigenvalue weighted by atomic mass is 10.1. The topological polar surface area (TPSA) is 86.2 Å². The Morgan fingerprint density at radius 3 is 2.54 bits per heavy atom. The van der Waals surface area contributed by atoms with Crippen molar-refractivity contribution in [3.05, 3.63) is 59.7 Å². The number of carbonyl (C=O) groups excluding carboxylic acids is 2. The maximum absolute atomic E-state index is 11.9. The molecule has 7 nitrogen and oxygen atoms in total. The first-order chi connectivity index (χ1) is 13.5. The first-order valence-corrected chi connectivity index (χ1v) is 8.84. The van der Waals surface area contributed by atoms with Crippen molar-refractivity contribution in [2.75, 3.05) is 13.7 Å². The molecule has 0 bridgehead atoms. The molecule has 0 aromatic heterocycles. The fourth-order valence-corrected chi connectivity index (χ4v) is 2.32. The van der Waals surface area contributed by atoms with Crippen molar-refractivity contribution in [1.29, 1.82) is 0 Å². The highest BCUT2D eigenvalue weighted by molar-refractivity contribution is 5.84. The molecule has 0 saturated heterocycles. The Morgan fingerprint density at radius 2 is 1.86 bits per heavy atom. The van der Waals surface area contributed by atoms with Crippen LogP contribution in [0.25, 0.3) is 0 Å². The van der Waals surface area contributed by atoms with Gasteiger partial charge in [-0.15, -0.1) is 0 Å². The minimum atomic E-state index is -0.455. The van der Waals surface area contributed by atoms with Crippen LogP contribution in [0.5, 0.6) is 11.5 Å². The number of methoxy groups -OCH3 is 1. The zero-order chi connectivity index (χ0) is 20.4. The summed E-state index contributed by atoms with van der Waals surface area (Å²) in [7, 11) is 1.50. The average molecular weight is 384 g/mol. The van der Waals surface area contributed by atoms with Gasteiger partial charge >= 0.3 is 5.97 Å². The van der Waals surface area contributed by atoms with Crippen LogP contribution >= 0.6 is 0 Å². The van der Waals surface area contributed by atoms with Gasteiger partial charge in [0.2, 0.25) is 5.91 Å². The maximum atomic E-state index is 11.9. The zero-order valence-electron chi connectivity index (χ0n) is 16.2. The predicted octanol–water partition coefficient (Wildman–Crippen LogP) is 2.72. The number of nitrogens with one attached hydrogen (secondary N) is 1. The van der Waals surface area contributed by atoms with Crippen LogP contribution in [0.2, 0.25) is 0 Å². The van der Waals surface area contributed by atoms with Crippen molar-refractivity contribution in [3.63, 3.8) is 0 Å². The summed E-state index contributed by atoms with van der Waals surface area (Å²) in [6.07, 6.45) is 1.55. The van der Waals surface area contributed by atoms with Gasteiger partial charge in [-0.05, 0) is 43.2 Å². The van der Waals surface area contributed by atoms with Crippen LogP contribution in [0.4, 0.5) is 0 Å². The van der Waals surface area contributed by atoms with Crippen LogP contribution in [0.3, 0.4) is 0 Å². The van der Waals surface area contributed by atoms with Gasteiger partial charge in [-0.3, -0.25) is 4.79 Å². The van der Waals surface area contributed by atoms with Gasteiger partial charge in [0.1, 0.15) is 0 Å². The molecular weight excluding hydrogens is 360 g/mol. The molecule has 0 saturated carbocycles. The molecule has 28 heavy (non-hydrogen) atoms. The molecule has 0 spiro atoms. The molecule has 0 unspecified atom stereocenters. The molecule has 2 rings (SSSR count). The third-order valence-corrected chi connectivity index (χ3v) is 3.51. The second-order valence-electron chi connectivity index (χ2n) is 6.19. The summed E-state index contributed by atoms with van der Waals surface area (Å²) in [5.41, 5.74) is 4.10. The van der Waals surface area contributed by atoms with E-state index in [9.17, 15) is 9.59 Å². The summed E-state index contributed by atoms with van der Waals surface area (Å²) in [5, 5.41) is 3.95. The van der Waals surface area contributed by atoms with Crippen LogP contribution in [-0.2, 0) is 20.7 Å². The molecule has 0 aliphatic carbocycles. The van der Waals surface area contributed by atoms with Gasteiger partial charge in [0.05, 0.1) is 25.8 Å². The molecule has 0 heterocycles. The molecule has 7 heteroatoms. The summed E-state index contributed by atoms with van der Waals surface area (Å²) in [5.74, 6) is 0.187. The molecule has 0 atom stereocenters. The highest BCUT2D eigenvalue weighted by Crippen LogP contribution is 2.27. The van der Waals surface area contributed by atoms with E-state index in [-0.39, 0.29) is 25.0 Å². The molecule has 1 amide bonds. The van der Waals surface area contributed by atoms with Gasteiger partial charge in [-0.2, -0.15) is 5.10 Å². The van der Waals surface area contributed by atoms with Crippen LogP contribution in [0.15, 0.2) is 53.6 Å². The van der Waals surface area contributed by atoms with Crippen LogP contribution in [0.1, 0.15) is 25.0 Å². The number of hydrazone groups is 1. The van der Waals surface area contributed by atoms with Crippen LogP contribution in [-0.4, -0.2) is 37.9 Å². The van der Waals surface area contributed by atoms with Crippen LogP contribution < -0.4 is 14.9 Å². The van der Waals surface area contributed by atoms with Gasteiger partial charge in [0, 0.05) is 0 Å². The molecule has 0 aliphatic rings. The SMILES string of the molecule is COc1cc(/C=N/NC(=O)Cc2ccccc2)ccc1OCC(=O)OC(C)C. The monoisotopic (exact) mass is 384 g/mol. The highest BCUT2D eigenvalue weighted by Gasteiger charge is 2.10. The van der Waals surface area contributed by atoms with Crippen LogP contribution in [0, 0.1) is 0 Å². The number of carbonyl (C=O) groups is 2. The standard InChI is InChI=1S/C21H24N2O5/c1-15(2)28-21(25)14-27-18-10-9-17(11-19(18)26-3)13-22-23-20(24)12-16-7-5-4-6-8-16/h4-11,13,15H,12,14H2,1-3H3,(H,23,24)/b22-13+. The summed E-state index contributed by atoms with van der Waals surface area (Å²) in [6.45, 7) is 3.33. The number of amides is 1. The zero-order valence-corrected chi connectivity index (χ0v) is 16.2. The fraction of sp³-hybridized carbons (Fsp3) is 0.286. The van der Waals surface area contributed by atoms with Gasteiger partial charge in [0.15, 0.2) is 18.1 Å². The summed E-state index contributed by atoms with van der Waals surface area (Å²) in [6, 6.07) is 14.5. The van der Waals surface area contributed by atoms with E-state index in [1.807, 2.05) is 30.3 Å². The lowest BCUT2D eigenvalue weighted by molar-refractivity contribution is -0.149. The molecule has 2 aromatic carbocycles. The maximum Gasteiger partial charge on any atom is 0.344 e. The number of rotatable bonds is 9. The summed E-state index contributed by atoms with van der Waals surface area (Å²) < 4.78 is 15.7. The number of ether oxygens (including phenoxy) is 3. The molecule has 0 fully saturated rings. The first kappa shape index (κ1) is 21.0. The average Bonchev–Trinajstić information content (AvgIpc) is 2.67. The number of nitrogens with zero attached hydrogens (tertiary/aromatic N) is 1. The molecule has 148 valence electrons. The Bertz CT molecular complexity index is 819. The van der Waals surface area contributed by atoms with Gasteiger partial charge in [-0.1, -0.05) is 30.3 Å². The third kappa shape index (κ3) is 7.11. The van der Waals surface area contributed by atoms with Gasteiger partial charge < -0.3 is 14.2 Å². The molecule has 1 N–H and O–H groups in total. The van der Waals surface area contributed by atoms with E-state index in [0.29, 0.717) is 17.1 Å². The molecule has 0 aliphatic heterocycles. The van der Waals surface area contributed by atoms with Crippen molar-refractivity contribution in [2.24, 2.45) is 5.10 Å². The highest BCUT2D eigenvalue weighted by atomic mass is 16.6. The second kappa shape index (κ2) is 10.7. The van der Waals surface area contributed by atoms with E-state index in [0.717, 1.165) is 5.56 Å². The second-order valence-corrected chi connectivity index (χ2v) is 6.19. The van der Waals surface area contributed by atoms with Gasteiger partial charge in [-0.25, -0.2) is 10.2 Å². The number of hydrogen-bond donors (Lipinski definition) is 1. The lowest BCUT2D eigenvalue weighted by Gasteiger charge is -2.12. The fourth-order valence-electron chi connectivity index (χ4n) is 2.32. The van der Waals surface area contributed by atoms with Gasteiger partial charge in [0.25, 0.3) is 0 Å². The molecule has 0 radical (unpaired) electrons.